The molecule has 0 amide bonds. The number of benzene rings is 2. The van der Waals surface area contributed by atoms with Crippen molar-refractivity contribution in [2.75, 3.05) is 0 Å². The van der Waals surface area contributed by atoms with Gasteiger partial charge in [0.2, 0.25) is 0 Å². The Morgan fingerprint density at radius 3 is 2.64 bits per heavy atom. The number of ether oxygens (including phenoxy) is 1. The molecule has 0 fully saturated rings. The van der Waals surface area contributed by atoms with Crippen LogP contribution >= 0.6 is 0 Å². The first-order chi connectivity index (χ1) is 10.5. The van der Waals surface area contributed by atoms with Gasteiger partial charge < -0.3 is 4.74 Å². The van der Waals surface area contributed by atoms with E-state index in [1.54, 1.807) is 0 Å². The summed E-state index contributed by atoms with van der Waals surface area (Å²) in [6.07, 6.45) is 0. The molecule has 0 saturated carbocycles. The predicted molar refractivity (Wildman–Crippen MR) is 87.9 cm³/mol. The molecule has 3 nitrogen and oxygen atoms in total. The largest absolute Gasteiger partial charge is 0.489 e. The first kappa shape index (κ1) is 14.6. The summed E-state index contributed by atoms with van der Waals surface area (Å²) in [5.74, 6) is 0.854. The van der Waals surface area contributed by atoms with Crippen molar-refractivity contribution < 1.29 is 4.74 Å². The van der Waals surface area contributed by atoms with Crippen LogP contribution in [0, 0.1) is 5.41 Å². The fourth-order valence-corrected chi connectivity index (χ4v) is 3.05. The van der Waals surface area contributed by atoms with E-state index in [1.165, 1.54) is 5.56 Å². The van der Waals surface area contributed by atoms with Crippen LogP contribution in [-0.4, -0.2) is 6.01 Å². The van der Waals surface area contributed by atoms with E-state index < -0.39 is 0 Å². The van der Waals surface area contributed by atoms with Crippen molar-refractivity contribution >= 4 is 6.01 Å². The van der Waals surface area contributed by atoms with E-state index in [0.29, 0.717) is 6.61 Å². The van der Waals surface area contributed by atoms with Gasteiger partial charge in [-0.15, -0.1) is 0 Å². The summed E-state index contributed by atoms with van der Waals surface area (Å²) in [5.41, 5.74) is 4.44. The molecule has 0 bridgehead atoms. The Hall–Kier alpha value is -2.38. The van der Waals surface area contributed by atoms with Gasteiger partial charge in [-0.3, -0.25) is 0 Å². The van der Waals surface area contributed by atoms with Crippen molar-refractivity contribution in [1.29, 1.82) is 5.41 Å². The first-order valence-electron chi connectivity index (χ1n) is 7.48. The van der Waals surface area contributed by atoms with Crippen LogP contribution in [0.2, 0.25) is 0 Å². The summed E-state index contributed by atoms with van der Waals surface area (Å²) in [4.78, 5) is 4.34. The third-order valence-corrected chi connectivity index (χ3v) is 4.07. The number of hydrogen-bond donors (Lipinski definition) is 1. The van der Waals surface area contributed by atoms with Crippen molar-refractivity contribution in [3.05, 3.63) is 64.7 Å². The molecular weight excluding hydrogens is 272 g/mol. The second-order valence-corrected chi connectivity index (χ2v) is 6.60. The van der Waals surface area contributed by atoms with Crippen LogP contribution in [0.1, 0.15) is 49.1 Å². The highest BCUT2D eigenvalue weighted by Gasteiger charge is 2.30. The molecule has 1 aliphatic rings. The van der Waals surface area contributed by atoms with Gasteiger partial charge in [-0.05, 0) is 28.2 Å². The topological polar surface area (TPSA) is 45.4 Å². The molecular formula is C19H20N2O. The van der Waals surface area contributed by atoms with Crippen molar-refractivity contribution in [2.45, 2.75) is 38.8 Å². The first-order valence-corrected chi connectivity index (χ1v) is 7.48. The van der Waals surface area contributed by atoms with E-state index in [9.17, 15) is 0 Å². The number of rotatable bonds is 1. The Bertz CT molecular complexity index is 752. The zero-order chi connectivity index (χ0) is 15.7. The molecule has 22 heavy (non-hydrogen) atoms. The van der Waals surface area contributed by atoms with E-state index in [0.717, 1.165) is 22.4 Å². The maximum atomic E-state index is 7.36. The lowest BCUT2D eigenvalue weighted by atomic mass is 9.80. The number of aliphatic imine (C=N–C) groups is 1. The van der Waals surface area contributed by atoms with E-state index in [-0.39, 0.29) is 11.5 Å². The normalized spacial score (nSPS) is 16.6. The molecule has 1 aliphatic heterocycles. The highest BCUT2D eigenvalue weighted by molar-refractivity contribution is 5.54. The van der Waals surface area contributed by atoms with Gasteiger partial charge in [0.25, 0.3) is 0 Å². The molecule has 1 unspecified atom stereocenters. The van der Waals surface area contributed by atoms with Gasteiger partial charge in [-0.2, -0.15) is 0 Å². The Balaban J connectivity index is 2.32. The average Bonchev–Trinajstić information content (AvgIpc) is 2.65. The minimum absolute atomic E-state index is 0.0240. The molecule has 0 aliphatic carbocycles. The molecule has 0 spiro atoms. The average molecular weight is 292 g/mol. The summed E-state index contributed by atoms with van der Waals surface area (Å²) in [6, 6.07) is 16.3. The Morgan fingerprint density at radius 1 is 1.14 bits per heavy atom. The van der Waals surface area contributed by atoms with Crippen molar-refractivity contribution in [3.8, 4) is 5.75 Å². The van der Waals surface area contributed by atoms with E-state index in [2.05, 4.69) is 50.0 Å². The van der Waals surface area contributed by atoms with Crippen LogP contribution in [-0.2, 0) is 12.0 Å². The van der Waals surface area contributed by atoms with E-state index >= 15 is 0 Å². The summed E-state index contributed by atoms with van der Waals surface area (Å²) >= 11 is 0. The summed E-state index contributed by atoms with van der Waals surface area (Å²) < 4.78 is 6.04. The Morgan fingerprint density at radius 2 is 1.91 bits per heavy atom. The molecule has 3 rings (SSSR count). The third kappa shape index (κ3) is 2.44. The van der Waals surface area contributed by atoms with Crippen LogP contribution in [0.15, 0.2) is 47.5 Å². The minimum atomic E-state index is -0.235. The van der Waals surface area contributed by atoms with Gasteiger partial charge in [0.1, 0.15) is 18.4 Å². The fraction of sp³-hybridized carbons (Fsp3) is 0.316. The molecule has 1 atom stereocenters. The minimum Gasteiger partial charge on any atom is -0.489 e. The molecule has 1 heterocycles. The van der Waals surface area contributed by atoms with Gasteiger partial charge in [0.15, 0.2) is 0 Å². The quantitative estimate of drug-likeness (QED) is 0.759. The molecule has 0 saturated heterocycles. The summed E-state index contributed by atoms with van der Waals surface area (Å²) in [7, 11) is 0. The predicted octanol–water partition coefficient (Wildman–Crippen LogP) is 4.72. The zero-order valence-electron chi connectivity index (χ0n) is 13.2. The second kappa shape index (κ2) is 5.43. The highest BCUT2D eigenvalue weighted by Crippen LogP contribution is 2.43. The van der Waals surface area contributed by atoms with Crippen molar-refractivity contribution in [3.63, 3.8) is 0 Å². The molecule has 1 N–H and O–H groups in total. The summed E-state index contributed by atoms with van der Waals surface area (Å²) in [5, 5.41) is 7.36. The molecule has 3 heteroatoms. The van der Waals surface area contributed by atoms with E-state index in [1.807, 2.05) is 24.3 Å². The number of nitrogens with one attached hydrogen (secondary N) is 1. The van der Waals surface area contributed by atoms with Crippen LogP contribution < -0.4 is 4.74 Å². The standard InChI is InChI=1S/C19H20N2O/c1-19(2,3)15-9-6-10-16-17(15)18(21-12-20)14-8-5-4-7-13(14)11-22-16/h4-10,18,20H,11H2,1-3H3. The second-order valence-electron chi connectivity index (χ2n) is 6.60. The third-order valence-electron chi connectivity index (χ3n) is 4.07. The van der Waals surface area contributed by atoms with Crippen molar-refractivity contribution in [1.82, 2.24) is 0 Å². The van der Waals surface area contributed by atoms with Gasteiger partial charge in [0, 0.05) is 5.56 Å². The molecule has 2 aromatic carbocycles. The molecule has 2 aromatic rings. The molecule has 0 radical (unpaired) electrons. The Labute approximate surface area is 131 Å². The fourth-order valence-electron chi connectivity index (χ4n) is 3.05. The van der Waals surface area contributed by atoms with Crippen molar-refractivity contribution in [2.24, 2.45) is 4.99 Å². The smallest absolute Gasteiger partial charge is 0.125 e. The Kier molecular flexibility index (Phi) is 3.59. The lowest BCUT2D eigenvalue weighted by molar-refractivity contribution is 0.305. The van der Waals surface area contributed by atoms with Gasteiger partial charge in [-0.1, -0.05) is 57.2 Å². The summed E-state index contributed by atoms with van der Waals surface area (Å²) in [6.45, 7) is 7.08. The van der Waals surface area contributed by atoms with E-state index in [4.69, 9.17) is 10.1 Å². The number of hydrogen-bond acceptors (Lipinski definition) is 3. The number of fused-ring (bicyclic) bond motifs is 2. The van der Waals surface area contributed by atoms with Crippen LogP contribution in [0.4, 0.5) is 0 Å². The van der Waals surface area contributed by atoms with Crippen LogP contribution in [0.3, 0.4) is 0 Å². The monoisotopic (exact) mass is 292 g/mol. The SMILES string of the molecule is CC(C)(C)c1cccc2c1C(N=C=N)c1ccccc1CO2. The van der Waals surface area contributed by atoms with Gasteiger partial charge >= 0.3 is 0 Å². The zero-order valence-corrected chi connectivity index (χ0v) is 13.2. The van der Waals surface area contributed by atoms with Crippen LogP contribution in [0.5, 0.6) is 5.75 Å². The lowest BCUT2D eigenvalue weighted by Crippen LogP contribution is -2.16. The van der Waals surface area contributed by atoms with Crippen LogP contribution in [0.25, 0.3) is 0 Å². The maximum absolute atomic E-state index is 7.36. The van der Waals surface area contributed by atoms with Gasteiger partial charge in [-0.25, -0.2) is 10.4 Å². The maximum Gasteiger partial charge on any atom is 0.125 e. The molecule has 112 valence electrons. The number of nitrogens with zero attached hydrogens (tertiary/aromatic N) is 1. The lowest BCUT2D eigenvalue weighted by Gasteiger charge is -2.26. The highest BCUT2D eigenvalue weighted by atomic mass is 16.5. The van der Waals surface area contributed by atoms with Gasteiger partial charge in [0.05, 0.1) is 6.01 Å². The molecule has 0 aromatic heterocycles.